The standard InChI is InChI=1S/C14H11ClN4O/c1-8-4-5-17-7-11(8)13-18-14(20-19-13)10-6-9(16)2-3-12(10)15/h2-7H,16H2,1H3. The molecule has 0 amide bonds. The Labute approximate surface area is 120 Å². The fraction of sp³-hybridized carbons (Fsp3) is 0.0714. The van der Waals surface area contributed by atoms with Gasteiger partial charge in [-0.1, -0.05) is 16.8 Å². The zero-order valence-electron chi connectivity index (χ0n) is 10.7. The van der Waals surface area contributed by atoms with Crippen molar-refractivity contribution in [1.82, 2.24) is 15.1 Å². The van der Waals surface area contributed by atoms with Gasteiger partial charge in [-0.05, 0) is 36.8 Å². The molecule has 2 N–H and O–H groups in total. The van der Waals surface area contributed by atoms with E-state index >= 15 is 0 Å². The number of aryl methyl sites for hydroxylation is 1. The molecular weight excluding hydrogens is 276 g/mol. The number of hydrogen-bond donors (Lipinski definition) is 1. The number of pyridine rings is 1. The fourth-order valence-electron chi connectivity index (χ4n) is 1.85. The van der Waals surface area contributed by atoms with Crippen LogP contribution in [0.1, 0.15) is 5.56 Å². The van der Waals surface area contributed by atoms with Crippen molar-refractivity contribution in [2.75, 3.05) is 5.73 Å². The summed E-state index contributed by atoms with van der Waals surface area (Å²) in [6, 6.07) is 7.01. The minimum absolute atomic E-state index is 0.334. The third kappa shape index (κ3) is 2.23. The highest BCUT2D eigenvalue weighted by Gasteiger charge is 2.15. The Hall–Kier alpha value is -2.40. The lowest BCUT2D eigenvalue weighted by molar-refractivity contribution is 0.432. The zero-order valence-corrected chi connectivity index (χ0v) is 11.4. The maximum absolute atomic E-state index is 6.12. The molecule has 0 saturated carbocycles. The minimum atomic E-state index is 0.334. The van der Waals surface area contributed by atoms with Crippen molar-refractivity contribution in [3.8, 4) is 22.8 Å². The van der Waals surface area contributed by atoms with E-state index in [9.17, 15) is 0 Å². The number of nitrogens with two attached hydrogens (primary N) is 1. The molecule has 5 nitrogen and oxygen atoms in total. The Morgan fingerprint density at radius 3 is 2.85 bits per heavy atom. The first kappa shape index (κ1) is 12.6. The summed E-state index contributed by atoms with van der Waals surface area (Å²) in [4.78, 5) is 8.42. The van der Waals surface area contributed by atoms with Gasteiger partial charge in [0.15, 0.2) is 0 Å². The molecule has 100 valence electrons. The van der Waals surface area contributed by atoms with Crippen molar-refractivity contribution in [2.24, 2.45) is 0 Å². The van der Waals surface area contributed by atoms with Crippen molar-refractivity contribution < 1.29 is 4.52 Å². The Balaban J connectivity index is 2.07. The zero-order chi connectivity index (χ0) is 14.1. The molecular formula is C14H11ClN4O. The number of halogens is 1. The summed E-state index contributed by atoms with van der Waals surface area (Å²) in [7, 11) is 0. The molecule has 0 radical (unpaired) electrons. The van der Waals surface area contributed by atoms with Crippen LogP contribution < -0.4 is 5.73 Å². The van der Waals surface area contributed by atoms with Gasteiger partial charge in [-0.15, -0.1) is 0 Å². The van der Waals surface area contributed by atoms with Crippen molar-refractivity contribution in [3.63, 3.8) is 0 Å². The monoisotopic (exact) mass is 286 g/mol. The number of aromatic nitrogens is 3. The van der Waals surface area contributed by atoms with Crippen molar-refractivity contribution in [2.45, 2.75) is 6.92 Å². The van der Waals surface area contributed by atoms with E-state index in [1.165, 1.54) is 0 Å². The summed E-state index contributed by atoms with van der Waals surface area (Å²) < 4.78 is 5.27. The van der Waals surface area contributed by atoms with E-state index in [0.717, 1.165) is 11.1 Å². The van der Waals surface area contributed by atoms with E-state index in [4.69, 9.17) is 21.9 Å². The van der Waals surface area contributed by atoms with Gasteiger partial charge < -0.3 is 10.3 Å². The minimum Gasteiger partial charge on any atom is -0.399 e. The van der Waals surface area contributed by atoms with E-state index in [-0.39, 0.29) is 0 Å². The SMILES string of the molecule is Cc1ccncc1-c1noc(-c2cc(N)ccc2Cl)n1. The average Bonchev–Trinajstić information content (AvgIpc) is 2.91. The van der Waals surface area contributed by atoms with Crippen LogP contribution in [0.3, 0.4) is 0 Å². The Morgan fingerprint density at radius 1 is 1.20 bits per heavy atom. The first-order chi connectivity index (χ1) is 9.65. The predicted octanol–water partition coefficient (Wildman–Crippen LogP) is 3.34. The summed E-state index contributed by atoms with van der Waals surface area (Å²) in [6.45, 7) is 1.96. The molecule has 0 aliphatic carbocycles. The second kappa shape index (κ2) is 4.94. The lowest BCUT2D eigenvalue weighted by Gasteiger charge is -2.00. The normalized spacial score (nSPS) is 10.7. The van der Waals surface area contributed by atoms with E-state index in [0.29, 0.717) is 28.0 Å². The highest BCUT2D eigenvalue weighted by atomic mass is 35.5. The van der Waals surface area contributed by atoms with Crippen LogP contribution in [-0.4, -0.2) is 15.1 Å². The van der Waals surface area contributed by atoms with Crippen LogP contribution in [0.4, 0.5) is 5.69 Å². The molecule has 3 rings (SSSR count). The second-order valence-corrected chi connectivity index (χ2v) is 4.76. The maximum atomic E-state index is 6.12. The van der Waals surface area contributed by atoms with E-state index in [1.807, 2.05) is 13.0 Å². The van der Waals surface area contributed by atoms with E-state index in [2.05, 4.69) is 15.1 Å². The molecule has 0 unspecified atom stereocenters. The topological polar surface area (TPSA) is 77.8 Å². The highest BCUT2D eigenvalue weighted by Crippen LogP contribution is 2.30. The number of anilines is 1. The summed E-state index contributed by atoms with van der Waals surface area (Å²) in [5.74, 6) is 0.810. The highest BCUT2D eigenvalue weighted by molar-refractivity contribution is 6.33. The predicted molar refractivity (Wildman–Crippen MR) is 77.1 cm³/mol. The average molecular weight is 287 g/mol. The van der Waals surface area contributed by atoms with Gasteiger partial charge in [0, 0.05) is 23.6 Å². The summed E-state index contributed by atoms with van der Waals surface area (Å²) in [5, 5.41) is 4.48. The second-order valence-electron chi connectivity index (χ2n) is 4.35. The molecule has 2 heterocycles. The number of rotatable bonds is 2. The molecule has 20 heavy (non-hydrogen) atoms. The maximum Gasteiger partial charge on any atom is 0.259 e. The molecule has 1 aromatic carbocycles. The quantitative estimate of drug-likeness (QED) is 0.731. The van der Waals surface area contributed by atoms with Crippen LogP contribution in [-0.2, 0) is 0 Å². The van der Waals surface area contributed by atoms with Gasteiger partial charge >= 0.3 is 0 Å². The van der Waals surface area contributed by atoms with Gasteiger partial charge in [-0.2, -0.15) is 4.98 Å². The first-order valence-corrected chi connectivity index (χ1v) is 6.33. The Kier molecular flexibility index (Phi) is 3.12. The Morgan fingerprint density at radius 2 is 2.05 bits per heavy atom. The van der Waals surface area contributed by atoms with Gasteiger partial charge in [0.05, 0.1) is 10.6 Å². The first-order valence-electron chi connectivity index (χ1n) is 5.95. The van der Waals surface area contributed by atoms with Crippen molar-refractivity contribution in [3.05, 3.63) is 47.2 Å². The van der Waals surface area contributed by atoms with Gasteiger partial charge in [0.1, 0.15) is 0 Å². The fourth-order valence-corrected chi connectivity index (χ4v) is 2.05. The molecule has 6 heteroatoms. The molecule has 0 fully saturated rings. The lowest BCUT2D eigenvalue weighted by Crippen LogP contribution is -1.88. The van der Waals surface area contributed by atoms with Crippen molar-refractivity contribution >= 4 is 17.3 Å². The largest absolute Gasteiger partial charge is 0.399 e. The number of nitrogens with zero attached hydrogens (tertiary/aromatic N) is 3. The van der Waals surface area contributed by atoms with Crippen LogP contribution in [0.2, 0.25) is 5.02 Å². The molecule has 0 spiro atoms. The van der Waals surface area contributed by atoms with Gasteiger partial charge in [0.2, 0.25) is 5.82 Å². The third-order valence-electron chi connectivity index (χ3n) is 2.93. The summed E-state index contributed by atoms with van der Waals surface area (Å²) in [6.07, 6.45) is 3.42. The number of benzene rings is 1. The number of nitrogen functional groups attached to an aromatic ring is 1. The van der Waals surface area contributed by atoms with Crippen LogP contribution in [0.5, 0.6) is 0 Å². The van der Waals surface area contributed by atoms with Crippen molar-refractivity contribution in [1.29, 1.82) is 0 Å². The van der Waals surface area contributed by atoms with E-state index in [1.54, 1.807) is 30.6 Å². The van der Waals surface area contributed by atoms with Crippen LogP contribution in [0, 0.1) is 6.92 Å². The van der Waals surface area contributed by atoms with E-state index < -0.39 is 0 Å². The van der Waals surface area contributed by atoms with Gasteiger partial charge in [0.25, 0.3) is 5.89 Å². The van der Waals surface area contributed by atoms with Crippen LogP contribution >= 0.6 is 11.6 Å². The molecule has 0 aliphatic rings. The molecule has 3 aromatic rings. The van der Waals surface area contributed by atoms with Crippen LogP contribution in [0.15, 0.2) is 41.2 Å². The Bertz CT molecular complexity index is 769. The smallest absolute Gasteiger partial charge is 0.259 e. The summed E-state index contributed by atoms with van der Waals surface area (Å²) in [5.41, 5.74) is 8.79. The van der Waals surface area contributed by atoms with Crippen LogP contribution in [0.25, 0.3) is 22.8 Å². The lowest BCUT2D eigenvalue weighted by atomic mass is 10.1. The number of hydrogen-bond acceptors (Lipinski definition) is 5. The van der Waals surface area contributed by atoms with Gasteiger partial charge in [-0.25, -0.2) is 0 Å². The molecule has 0 saturated heterocycles. The van der Waals surface area contributed by atoms with Gasteiger partial charge in [-0.3, -0.25) is 4.98 Å². The molecule has 0 aliphatic heterocycles. The molecule has 2 aromatic heterocycles. The summed E-state index contributed by atoms with van der Waals surface area (Å²) >= 11 is 6.12. The molecule has 0 atom stereocenters. The third-order valence-corrected chi connectivity index (χ3v) is 3.26. The molecule has 0 bridgehead atoms.